The molecule has 0 aliphatic heterocycles. The minimum Gasteiger partial charge on any atom is -0.465 e. The second kappa shape index (κ2) is 3.89. The van der Waals surface area contributed by atoms with E-state index in [1.54, 1.807) is 5.38 Å². The average molecular weight is 264 g/mol. The summed E-state index contributed by atoms with van der Waals surface area (Å²) in [5.74, 6) is -0.153. The third-order valence-corrected chi connectivity index (χ3v) is 3.31. The van der Waals surface area contributed by atoms with Gasteiger partial charge in [0.1, 0.15) is 0 Å². The summed E-state index contributed by atoms with van der Waals surface area (Å²) in [5, 5.41) is 12.3. The van der Waals surface area contributed by atoms with Crippen molar-refractivity contribution in [3.05, 3.63) is 14.7 Å². The zero-order valence-corrected chi connectivity index (χ0v) is 9.03. The molecule has 2 N–H and O–H groups in total. The van der Waals surface area contributed by atoms with Crippen LogP contribution in [0.4, 0.5) is 10.5 Å². The van der Waals surface area contributed by atoms with Gasteiger partial charge < -0.3 is 5.11 Å². The van der Waals surface area contributed by atoms with Crippen molar-refractivity contribution in [1.29, 1.82) is 0 Å². The fourth-order valence-corrected chi connectivity index (χ4v) is 2.31. The molecule has 0 radical (unpaired) electrons. The minimum absolute atomic E-state index is 0.153. The second-order valence-corrected chi connectivity index (χ2v) is 4.01. The molecule has 1 aromatic heterocycles. The van der Waals surface area contributed by atoms with E-state index in [1.807, 2.05) is 0 Å². The van der Waals surface area contributed by atoms with Crippen LogP contribution in [-0.2, 0) is 0 Å². The van der Waals surface area contributed by atoms with Crippen molar-refractivity contribution in [1.82, 2.24) is 0 Å². The van der Waals surface area contributed by atoms with Crippen LogP contribution >= 0.6 is 27.3 Å². The molecule has 1 aromatic rings. The number of ketones is 1. The van der Waals surface area contributed by atoms with E-state index >= 15 is 0 Å². The van der Waals surface area contributed by atoms with E-state index in [2.05, 4.69) is 21.2 Å². The van der Waals surface area contributed by atoms with Gasteiger partial charge >= 0.3 is 6.09 Å². The molecule has 6 heteroatoms. The van der Waals surface area contributed by atoms with E-state index in [-0.39, 0.29) is 5.78 Å². The molecule has 0 aromatic carbocycles. The smallest absolute Gasteiger partial charge is 0.409 e. The molecule has 0 saturated carbocycles. The maximum atomic E-state index is 11.0. The Kier molecular flexibility index (Phi) is 3.05. The van der Waals surface area contributed by atoms with Gasteiger partial charge in [0, 0.05) is 12.3 Å². The Balaban J connectivity index is 3.08. The van der Waals surface area contributed by atoms with Gasteiger partial charge in [-0.3, -0.25) is 10.1 Å². The van der Waals surface area contributed by atoms with Crippen molar-refractivity contribution in [2.24, 2.45) is 0 Å². The lowest BCUT2D eigenvalue weighted by molar-refractivity contribution is 0.102. The highest BCUT2D eigenvalue weighted by atomic mass is 79.9. The number of rotatable bonds is 2. The number of thiophene rings is 1. The van der Waals surface area contributed by atoms with Gasteiger partial charge in [-0.2, -0.15) is 0 Å². The van der Waals surface area contributed by atoms with E-state index in [4.69, 9.17) is 5.11 Å². The lowest BCUT2D eigenvalue weighted by atomic mass is 10.3. The number of hydrogen-bond acceptors (Lipinski definition) is 3. The number of nitrogens with one attached hydrogen (secondary N) is 1. The van der Waals surface area contributed by atoms with Gasteiger partial charge in [0.15, 0.2) is 5.78 Å². The zero-order chi connectivity index (χ0) is 10.0. The normalized spacial score (nSPS) is 9.69. The number of amides is 1. The topological polar surface area (TPSA) is 66.4 Å². The third kappa shape index (κ3) is 2.28. The quantitative estimate of drug-likeness (QED) is 0.807. The van der Waals surface area contributed by atoms with Crippen molar-refractivity contribution in [3.8, 4) is 0 Å². The first-order valence-corrected chi connectivity index (χ1v) is 4.97. The predicted octanol–water partition coefficient (Wildman–Crippen LogP) is 2.80. The number of carbonyl (C=O) groups is 2. The van der Waals surface area contributed by atoms with Gasteiger partial charge in [0.25, 0.3) is 0 Å². The first-order chi connectivity index (χ1) is 6.02. The Hall–Kier alpha value is -0.880. The van der Waals surface area contributed by atoms with Crippen molar-refractivity contribution < 1.29 is 14.7 Å². The Morgan fingerprint density at radius 1 is 1.62 bits per heavy atom. The van der Waals surface area contributed by atoms with E-state index < -0.39 is 6.09 Å². The number of anilines is 1. The van der Waals surface area contributed by atoms with E-state index in [1.165, 1.54) is 18.3 Å². The monoisotopic (exact) mass is 263 g/mol. The van der Waals surface area contributed by atoms with Crippen LogP contribution in [0.5, 0.6) is 0 Å². The summed E-state index contributed by atoms with van der Waals surface area (Å²) in [5.41, 5.74) is 0.324. The molecular weight excluding hydrogens is 258 g/mol. The van der Waals surface area contributed by atoms with Gasteiger partial charge in [-0.25, -0.2) is 4.79 Å². The van der Waals surface area contributed by atoms with Crippen molar-refractivity contribution >= 4 is 44.8 Å². The second-order valence-electron chi connectivity index (χ2n) is 2.27. The van der Waals surface area contributed by atoms with E-state index in [0.29, 0.717) is 15.0 Å². The van der Waals surface area contributed by atoms with Crippen LogP contribution in [0.1, 0.15) is 16.6 Å². The van der Waals surface area contributed by atoms with E-state index in [9.17, 15) is 9.59 Å². The van der Waals surface area contributed by atoms with Crippen molar-refractivity contribution in [3.63, 3.8) is 0 Å². The molecule has 0 unspecified atom stereocenters. The van der Waals surface area contributed by atoms with E-state index in [0.717, 1.165) is 0 Å². The first-order valence-electron chi connectivity index (χ1n) is 3.30. The Morgan fingerprint density at radius 2 is 2.23 bits per heavy atom. The molecule has 1 rings (SSSR count). The highest BCUT2D eigenvalue weighted by Gasteiger charge is 2.15. The lowest BCUT2D eigenvalue weighted by Crippen LogP contribution is -2.09. The van der Waals surface area contributed by atoms with Crippen molar-refractivity contribution in [2.45, 2.75) is 6.92 Å². The SMILES string of the molecule is CC(=O)c1scc(Br)c1NC(=O)O. The molecule has 0 aliphatic rings. The maximum Gasteiger partial charge on any atom is 0.409 e. The van der Waals surface area contributed by atoms with Gasteiger partial charge in [-0.15, -0.1) is 11.3 Å². The van der Waals surface area contributed by atoms with Crippen LogP contribution in [-0.4, -0.2) is 17.0 Å². The molecule has 70 valence electrons. The predicted molar refractivity (Wildman–Crippen MR) is 53.7 cm³/mol. The summed E-state index contributed by atoms with van der Waals surface area (Å²) < 4.78 is 0.588. The largest absolute Gasteiger partial charge is 0.465 e. The molecule has 1 amide bonds. The van der Waals surface area contributed by atoms with Gasteiger partial charge in [0.05, 0.1) is 15.0 Å². The molecule has 1 heterocycles. The van der Waals surface area contributed by atoms with Crippen LogP contribution in [0.15, 0.2) is 9.85 Å². The number of carbonyl (C=O) groups excluding carboxylic acids is 1. The fourth-order valence-electron chi connectivity index (χ4n) is 0.819. The molecule has 4 nitrogen and oxygen atoms in total. The molecule has 0 bridgehead atoms. The number of hydrogen-bond donors (Lipinski definition) is 2. The Bertz CT molecular complexity index is 361. The van der Waals surface area contributed by atoms with Gasteiger partial charge in [-0.05, 0) is 15.9 Å². The van der Waals surface area contributed by atoms with Crippen LogP contribution in [0.25, 0.3) is 0 Å². The van der Waals surface area contributed by atoms with Crippen LogP contribution in [0.2, 0.25) is 0 Å². The molecule has 13 heavy (non-hydrogen) atoms. The van der Waals surface area contributed by atoms with Gasteiger partial charge in [-0.1, -0.05) is 0 Å². The standard InChI is InChI=1S/C7H6BrNO3S/c1-3(10)6-5(9-7(11)12)4(8)2-13-6/h2,9H,1H3,(H,11,12). The average Bonchev–Trinajstić information content (AvgIpc) is 2.32. The zero-order valence-electron chi connectivity index (χ0n) is 6.63. The number of halogens is 1. The third-order valence-electron chi connectivity index (χ3n) is 1.30. The highest BCUT2D eigenvalue weighted by molar-refractivity contribution is 9.10. The molecule has 0 atom stereocenters. The number of carboxylic acid groups (broad SMARTS) is 1. The molecule has 0 spiro atoms. The Labute approximate surface area is 86.7 Å². The minimum atomic E-state index is -1.18. The fraction of sp³-hybridized carbons (Fsp3) is 0.143. The van der Waals surface area contributed by atoms with Crippen LogP contribution < -0.4 is 5.32 Å². The molecular formula is C7H6BrNO3S. The van der Waals surface area contributed by atoms with Crippen molar-refractivity contribution in [2.75, 3.05) is 5.32 Å². The summed E-state index contributed by atoms with van der Waals surface area (Å²) in [4.78, 5) is 21.8. The summed E-state index contributed by atoms with van der Waals surface area (Å²) in [6, 6.07) is 0. The summed E-state index contributed by atoms with van der Waals surface area (Å²) >= 11 is 4.35. The molecule has 0 fully saturated rings. The maximum absolute atomic E-state index is 11.0. The lowest BCUT2D eigenvalue weighted by Gasteiger charge is -2.00. The van der Waals surface area contributed by atoms with Gasteiger partial charge in [0.2, 0.25) is 0 Å². The summed E-state index contributed by atoms with van der Waals surface area (Å²) in [6.45, 7) is 1.39. The van der Waals surface area contributed by atoms with Crippen LogP contribution in [0.3, 0.4) is 0 Å². The van der Waals surface area contributed by atoms with Crippen LogP contribution in [0, 0.1) is 0 Å². The summed E-state index contributed by atoms with van der Waals surface area (Å²) in [7, 11) is 0. The highest BCUT2D eigenvalue weighted by Crippen LogP contribution is 2.32. The Morgan fingerprint density at radius 3 is 2.69 bits per heavy atom. The molecule has 0 aliphatic carbocycles. The molecule has 0 saturated heterocycles. The first kappa shape index (κ1) is 10.2. The number of Topliss-reactive ketones (excluding diaryl/α,β-unsaturated/α-hetero) is 1. The summed E-state index contributed by atoms with van der Waals surface area (Å²) in [6.07, 6.45) is -1.18.